The molecule has 0 aromatic carbocycles. The van der Waals surface area contributed by atoms with E-state index in [0.717, 1.165) is 0 Å². The van der Waals surface area contributed by atoms with Gasteiger partial charge in [0, 0.05) is 19.5 Å². The van der Waals surface area contributed by atoms with Crippen molar-refractivity contribution in [1.29, 1.82) is 0 Å². The maximum Gasteiger partial charge on any atom is 0.220 e. The molecular weight excluding hydrogens is 244 g/mol. The van der Waals surface area contributed by atoms with E-state index in [4.69, 9.17) is 0 Å². The third-order valence-corrected chi connectivity index (χ3v) is 4.54. The first-order valence-electron chi connectivity index (χ1n) is 5.67. The minimum Gasteiger partial charge on any atom is -0.359 e. The fourth-order valence-electron chi connectivity index (χ4n) is 1.84. The second-order valence-electron chi connectivity index (χ2n) is 4.25. The summed E-state index contributed by atoms with van der Waals surface area (Å²) in [7, 11) is -2.90. The van der Waals surface area contributed by atoms with Crippen LogP contribution in [0.5, 0.6) is 0 Å². The van der Waals surface area contributed by atoms with Crippen LogP contribution in [0.4, 0.5) is 0 Å². The molecule has 1 atom stereocenters. The molecule has 2 amide bonds. The predicted octanol–water partition coefficient (Wildman–Crippen LogP) is -0.936. The molecule has 0 aliphatic carbocycles. The second-order valence-corrected chi connectivity index (χ2v) is 6.48. The molecule has 1 aliphatic heterocycles. The van der Waals surface area contributed by atoms with E-state index in [1.807, 2.05) is 0 Å². The quantitative estimate of drug-likeness (QED) is 0.457. The number of hydrogen-bond acceptors (Lipinski definition) is 4. The van der Waals surface area contributed by atoms with Crippen LogP contribution in [-0.4, -0.2) is 45.3 Å². The van der Waals surface area contributed by atoms with Crippen LogP contribution in [0.2, 0.25) is 0 Å². The molecular formula is C10H18N2O4S. The molecule has 1 fully saturated rings. The number of sulfone groups is 1. The van der Waals surface area contributed by atoms with Crippen molar-refractivity contribution in [2.75, 3.05) is 24.6 Å². The van der Waals surface area contributed by atoms with Crippen molar-refractivity contribution in [1.82, 2.24) is 10.6 Å². The zero-order valence-corrected chi connectivity index (χ0v) is 10.5. The molecule has 2 N–H and O–H groups in total. The molecule has 1 rings (SSSR count). The summed E-state index contributed by atoms with van der Waals surface area (Å²) in [6.07, 6.45) is 2.15. The number of nitrogens with one attached hydrogen (secondary N) is 2. The molecule has 98 valence electrons. The van der Waals surface area contributed by atoms with Gasteiger partial charge in [0.25, 0.3) is 0 Å². The SMILES string of the molecule is O=CNCCCNC(=O)CC1CCS(=O)(=O)C1. The second kappa shape index (κ2) is 6.58. The lowest BCUT2D eigenvalue weighted by Gasteiger charge is -2.08. The van der Waals surface area contributed by atoms with Crippen molar-refractivity contribution in [3.63, 3.8) is 0 Å². The van der Waals surface area contributed by atoms with Crippen LogP contribution in [0.3, 0.4) is 0 Å². The van der Waals surface area contributed by atoms with Crippen LogP contribution in [0, 0.1) is 5.92 Å². The lowest BCUT2D eigenvalue weighted by Crippen LogP contribution is -2.28. The number of carbonyl (C=O) groups excluding carboxylic acids is 2. The van der Waals surface area contributed by atoms with Crippen LogP contribution in [0.1, 0.15) is 19.3 Å². The first-order chi connectivity index (χ1) is 8.03. The van der Waals surface area contributed by atoms with Crippen molar-refractivity contribution >= 4 is 22.2 Å². The minimum absolute atomic E-state index is 0.0342. The summed E-state index contributed by atoms with van der Waals surface area (Å²) in [6, 6.07) is 0. The molecule has 0 aromatic rings. The van der Waals surface area contributed by atoms with Gasteiger partial charge in [0.05, 0.1) is 11.5 Å². The van der Waals surface area contributed by atoms with E-state index in [9.17, 15) is 18.0 Å². The summed E-state index contributed by atoms with van der Waals surface area (Å²) in [6.45, 7) is 1.03. The van der Waals surface area contributed by atoms with E-state index in [2.05, 4.69) is 10.6 Å². The highest BCUT2D eigenvalue weighted by atomic mass is 32.2. The zero-order valence-electron chi connectivity index (χ0n) is 9.65. The van der Waals surface area contributed by atoms with E-state index in [0.29, 0.717) is 32.3 Å². The minimum atomic E-state index is -2.90. The first-order valence-corrected chi connectivity index (χ1v) is 7.50. The zero-order chi connectivity index (χ0) is 12.7. The molecule has 0 bridgehead atoms. The van der Waals surface area contributed by atoms with Crippen LogP contribution in [-0.2, 0) is 19.4 Å². The van der Waals surface area contributed by atoms with E-state index in [-0.39, 0.29) is 29.8 Å². The maximum absolute atomic E-state index is 11.4. The number of carbonyl (C=O) groups is 2. The molecule has 7 heteroatoms. The Morgan fingerprint density at radius 1 is 1.35 bits per heavy atom. The Labute approximate surface area is 101 Å². The fraction of sp³-hybridized carbons (Fsp3) is 0.800. The molecule has 1 heterocycles. The molecule has 0 aromatic heterocycles. The summed E-state index contributed by atoms with van der Waals surface area (Å²) in [5, 5.41) is 5.20. The van der Waals surface area contributed by atoms with Crippen LogP contribution < -0.4 is 10.6 Å². The summed E-state index contributed by atoms with van der Waals surface area (Å²) in [5.74, 6) is 0.188. The molecule has 0 spiro atoms. The van der Waals surface area contributed by atoms with Gasteiger partial charge in [0.15, 0.2) is 9.84 Å². The molecule has 0 saturated carbocycles. The Hall–Kier alpha value is -1.11. The molecule has 1 unspecified atom stereocenters. The maximum atomic E-state index is 11.4. The van der Waals surface area contributed by atoms with Gasteiger partial charge in [-0.1, -0.05) is 0 Å². The van der Waals surface area contributed by atoms with Gasteiger partial charge in [0.2, 0.25) is 12.3 Å². The van der Waals surface area contributed by atoms with Crippen molar-refractivity contribution in [3.8, 4) is 0 Å². The van der Waals surface area contributed by atoms with Gasteiger partial charge in [-0.2, -0.15) is 0 Å². The Balaban J connectivity index is 2.11. The normalized spacial score (nSPS) is 22.0. The smallest absolute Gasteiger partial charge is 0.220 e. The average molecular weight is 262 g/mol. The third-order valence-electron chi connectivity index (χ3n) is 2.70. The van der Waals surface area contributed by atoms with Crippen molar-refractivity contribution < 1.29 is 18.0 Å². The van der Waals surface area contributed by atoms with E-state index < -0.39 is 9.84 Å². The Morgan fingerprint density at radius 3 is 2.71 bits per heavy atom. The van der Waals surface area contributed by atoms with Gasteiger partial charge in [-0.25, -0.2) is 8.42 Å². The van der Waals surface area contributed by atoms with Crippen molar-refractivity contribution in [2.24, 2.45) is 5.92 Å². The highest BCUT2D eigenvalue weighted by Gasteiger charge is 2.29. The lowest BCUT2D eigenvalue weighted by molar-refractivity contribution is -0.121. The standard InChI is InChI=1S/C10H18N2O4S/c13-8-11-3-1-4-12-10(14)6-9-2-5-17(15,16)7-9/h8-9H,1-7H2,(H,11,13)(H,12,14). The number of rotatable bonds is 7. The topological polar surface area (TPSA) is 92.3 Å². The molecule has 1 aliphatic rings. The Morgan fingerprint density at radius 2 is 2.12 bits per heavy atom. The van der Waals surface area contributed by atoms with Crippen LogP contribution in [0.15, 0.2) is 0 Å². The van der Waals surface area contributed by atoms with Gasteiger partial charge in [-0.05, 0) is 18.8 Å². The Bertz CT molecular complexity index is 367. The molecule has 6 nitrogen and oxygen atoms in total. The van der Waals surface area contributed by atoms with Gasteiger partial charge in [-0.15, -0.1) is 0 Å². The molecule has 1 saturated heterocycles. The number of amides is 2. The summed E-state index contributed by atoms with van der Waals surface area (Å²) in [5.41, 5.74) is 0. The summed E-state index contributed by atoms with van der Waals surface area (Å²) >= 11 is 0. The van der Waals surface area contributed by atoms with Gasteiger partial charge < -0.3 is 10.6 Å². The fourth-order valence-corrected chi connectivity index (χ4v) is 3.71. The van der Waals surface area contributed by atoms with E-state index in [1.165, 1.54) is 0 Å². The molecule has 0 radical (unpaired) electrons. The van der Waals surface area contributed by atoms with E-state index in [1.54, 1.807) is 0 Å². The summed E-state index contributed by atoms with van der Waals surface area (Å²) in [4.78, 5) is 21.4. The highest BCUT2D eigenvalue weighted by molar-refractivity contribution is 7.91. The Kier molecular flexibility index (Phi) is 5.40. The molecule has 17 heavy (non-hydrogen) atoms. The average Bonchev–Trinajstić information content (AvgIpc) is 2.57. The van der Waals surface area contributed by atoms with Crippen LogP contribution >= 0.6 is 0 Å². The monoisotopic (exact) mass is 262 g/mol. The highest BCUT2D eigenvalue weighted by Crippen LogP contribution is 2.21. The van der Waals surface area contributed by atoms with Crippen LogP contribution in [0.25, 0.3) is 0 Å². The third kappa shape index (κ3) is 5.67. The van der Waals surface area contributed by atoms with Gasteiger partial charge in [-0.3, -0.25) is 9.59 Å². The van der Waals surface area contributed by atoms with Gasteiger partial charge >= 0.3 is 0 Å². The lowest BCUT2D eigenvalue weighted by atomic mass is 10.1. The summed E-state index contributed by atoms with van der Waals surface area (Å²) < 4.78 is 22.4. The predicted molar refractivity (Wildman–Crippen MR) is 63.1 cm³/mol. The van der Waals surface area contributed by atoms with E-state index >= 15 is 0 Å². The first kappa shape index (κ1) is 14.0. The largest absolute Gasteiger partial charge is 0.359 e. The van der Waals surface area contributed by atoms with Gasteiger partial charge in [0.1, 0.15) is 0 Å². The van der Waals surface area contributed by atoms with Crippen molar-refractivity contribution in [3.05, 3.63) is 0 Å². The van der Waals surface area contributed by atoms with Crippen molar-refractivity contribution in [2.45, 2.75) is 19.3 Å². The number of hydrogen-bond donors (Lipinski definition) is 2.